The number of hydrogen-bond donors (Lipinski definition) is 0. The van der Waals surface area contributed by atoms with Crippen molar-refractivity contribution in [2.45, 2.75) is 166 Å². The van der Waals surface area contributed by atoms with Gasteiger partial charge in [0.05, 0.1) is 45.9 Å². The normalized spacial score (nSPS) is 9.88. The molecular weight excluding hydrogens is 1040 g/mol. The van der Waals surface area contributed by atoms with E-state index < -0.39 is 0 Å². The molecule has 0 saturated carbocycles. The summed E-state index contributed by atoms with van der Waals surface area (Å²) in [4.78, 5) is 20.3. The van der Waals surface area contributed by atoms with Crippen molar-refractivity contribution in [2.75, 3.05) is 0 Å². The fraction of sp³-hybridized carbons (Fsp3) is 0.556. The molecule has 0 amide bonds. The molecule has 10 rings (SSSR count). The van der Waals surface area contributed by atoms with Crippen molar-refractivity contribution in [2.24, 2.45) is 42.3 Å². The summed E-state index contributed by atoms with van der Waals surface area (Å²) < 4.78 is 33.5. The minimum Gasteiger partial charge on any atom is -0.446 e. The Morgan fingerprint density at radius 1 is 0.312 bits per heavy atom. The number of rotatable bonds is 0. The van der Waals surface area contributed by atoms with E-state index in [1.807, 2.05) is 195 Å². The highest BCUT2D eigenvalue weighted by atomic mass is 32.1. The lowest BCUT2D eigenvalue weighted by Gasteiger charge is -1.90. The molecule has 0 N–H and O–H groups in total. The van der Waals surface area contributed by atoms with E-state index in [2.05, 4.69) is 112 Å². The van der Waals surface area contributed by atoms with Crippen LogP contribution in [0.1, 0.15) is 138 Å². The van der Waals surface area contributed by atoms with Gasteiger partial charge < -0.3 is 13.4 Å². The van der Waals surface area contributed by atoms with Crippen LogP contribution in [0.3, 0.4) is 0 Å². The molecule has 0 bridgehead atoms. The van der Waals surface area contributed by atoms with Gasteiger partial charge in [0.15, 0.2) is 11.8 Å². The molecule has 0 aliphatic rings. The molecule has 25 nitrogen and oxygen atoms in total. The zero-order valence-corrected chi connectivity index (χ0v) is 54.3. The van der Waals surface area contributed by atoms with Crippen molar-refractivity contribution >= 4 is 11.7 Å². The van der Waals surface area contributed by atoms with Crippen molar-refractivity contribution in [3.63, 3.8) is 0 Å². The summed E-state index contributed by atoms with van der Waals surface area (Å²) in [7, 11) is 11.5. The summed E-state index contributed by atoms with van der Waals surface area (Å²) in [5.41, 5.74) is 13.2. The Balaban J connectivity index is 0.000000445. The van der Waals surface area contributed by atoms with Gasteiger partial charge >= 0.3 is 0 Å². The van der Waals surface area contributed by atoms with E-state index in [-0.39, 0.29) is 0 Å². The monoisotopic (exact) mass is 1130 g/mol. The van der Waals surface area contributed by atoms with Crippen molar-refractivity contribution in [3.05, 3.63) is 138 Å². The van der Waals surface area contributed by atoms with Crippen LogP contribution in [0.5, 0.6) is 0 Å². The highest BCUT2D eigenvalue weighted by Gasteiger charge is 2.04. The maximum Gasteiger partial charge on any atom is 0.191 e. The van der Waals surface area contributed by atoms with Crippen LogP contribution in [0.2, 0.25) is 0 Å². The van der Waals surface area contributed by atoms with Crippen LogP contribution in [0.25, 0.3) is 0 Å². The van der Waals surface area contributed by atoms with Gasteiger partial charge in [-0.1, -0.05) is 10.3 Å². The molecule has 0 unspecified atom stereocenters. The number of aromatic nitrogens is 22. The van der Waals surface area contributed by atoms with E-state index in [1.165, 1.54) is 34.2 Å². The molecule has 0 spiro atoms. The molecule has 0 fully saturated rings. The molecule has 26 heteroatoms. The Labute approximate surface area is 477 Å². The molecule has 0 aliphatic carbocycles. The van der Waals surface area contributed by atoms with Crippen LogP contribution in [0.15, 0.2) is 13.5 Å². The molecule has 10 heterocycles. The smallest absolute Gasteiger partial charge is 0.191 e. The molecule has 10 aromatic rings. The third-order valence-corrected chi connectivity index (χ3v) is 13.1. The van der Waals surface area contributed by atoms with E-state index in [1.54, 1.807) is 14.0 Å². The van der Waals surface area contributed by atoms with E-state index in [9.17, 15) is 0 Å². The fourth-order valence-electron chi connectivity index (χ4n) is 5.94. The third kappa shape index (κ3) is 24.4. The summed E-state index contributed by atoms with van der Waals surface area (Å²) >= 11 is 1.27. The average Bonchev–Trinajstić information content (AvgIpc) is 4.31. The second-order valence-corrected chi connectivity index (χ2v) is 19.3. The summed E-state index contributed by atoms with van der Waals surface area (Å²) in [6.45, 7) is 46.7. The van der Waals surface area contributed by atoms with Crippen molar-refractivity contribution in [1.82, 2.24) is 108 Å². The Morgan fingerprint density at radius 2 is 0.613 bits per heavy atom. The summed E-state index contributed by atoms with van der Waals surface area (Å²) in [6, 6.07) is 0. The number of aryl methyl sites for hydroxylation is 25. The lowest BCUT2D eigenvalue weighted by molar-refractivity contribution is 0.302. The largest absolute Gasteiger partial charge is 0.446 e. The van der Waals surface area contributed by atoms with Gasteiger partial charge in [-0.05, 0) is 163 Å². The lowest BCUT2D eigenvalue weighted by atomic mass is 10.2. The first-order chi connectivity index (χ1) is 37.1. The van der Waals surface area contributed by atoms with Crippen molar-refractivity contribution in [1.29, 1.82) is 0 Å². The molecule has 10 aromatic heterocycles. The maximum atomic E-state index is 5.10. The summed E-state index contributed by atoms with van der Waals surface area (Å²) in [6.07, 6.45) is 0. The third-order valence-electron chi connectivity index (χ3n) is 12.3. The first kappa shape index (κ1) is 70.1. The molecular formula is C54H90N22O3S. The van der Waals surface area contributed by atoms with Crippen LogP contribution in [-0.4, -0.2) is 108 Å². The Kier molecular flexibility index (Phi) is 29.4. The van der Waals surface area contributed by atoms with Gasteiger partial charge in [-0.3, -0.25) is 23.4 Å². The van der Waals surface area contributed by atoms with Crippen LogP contribution < -0.4 is 0 Å². The molecule has 0 aromatic carbocycles. The number of hydrogen-bond acceptors (Lipinski definition) is 20. The minimum absolute atomic E-state index is 0.750. The topological polar surface area (TPSA) is 275 Å². The second-order valence-electron chi connectivity index (χ2n) is 18.8. The first-order valence-corrected chi connectivity index (χ1v) is 26.4. The molecule has 0 atom stereocenters. The standard InChI is InChI=1S/2C7H12N2.2C6H9NO.4C5H9N3.C4H6N2O.C4H6N2S/c2*1-5-6(2)8-9(4)7(5)3;2*1-4-5(2)8-6(3)7-4;1-4-6-7-5(2)8(4)3;3*1-4-6-5(2)8(3)7-4;2*1-3-4(2)6-7-5-3/h2*1-4H3;6*1-3H3;2*1-2H3. The van der Waals surface area contributed by atoms with Crippen LogP contribution in [0, 0.1) is 166 Å². The van der Waals surface area contributed by atoms with Gasteiger partial charge in [-0.15, -0.1) is 10.2 Å². The van der Waals surface area contributed by atoms with E-state index in [4.69, 9.17) is 8.83 Å². The minimum atomic E-state index is 0.750. The number of oxazole rings is 2. The van der Waals surface area contributed by atoms with Gasteiger partial charge in [0, 0.05) is 67.5 Å². The van der Waals surface area contributed by atoms with Gasteiger partial charge in [0.2, 0.25) is 0 Å². The van der Waals surface area contributed by atoms with Crippen LogP contribution in [0.4, 0.5) is 0 Å². The zero-order chi connectivity index (χ0) is 61.5. The van der Waals surface area contributed by atoms with Crippen molar-refractivity contribution in [3.8, 4) is 0 Å². The Morgan fingerprint density at radius 3 is 0.688 bits per heavy atom. The molecule has 80 heavy (non-hydrogen) atoms. The van der Waals surface area contributed by atoms with Crippen LogP contribution >= 0.6 is 11.7 Å². The maximum absolute atomic E-state index is 5.10. The Hall–Kier alpha value is -7.90. The summed E-state index contributed by atoms with van der Waals surface area (Å²) in [5, 5.41) is 35.2. The van der Waals surface area contributed by atoms with Gasteiger partial charge in [0.1, 0.15) is 69.5 Å². The quantitative estimate of drug-likeness (QED) is 0.137. The van der Waals surface area contributed by atoms with Gasteiger partial charge in [-0.25, -0.2) is 29.5 Å². The lowest BCUT2D eigenvalue weighted by Crippen LogP contribution is -1.92. The predicted octanol–water partition coefficient (Wildman–Crippen LogP) is 9.46. The number of nitrogens with zero attached hydrogens (tertiary/aromatic N) is 22. The molecule has 0 radical (unpaired) electrons. The van der Waals surface area contributed by atoms with E-state index in [0.29, 0.717) is 0 Å². The fourth-order valence-corrected chi connectivity index (χ4v) is 6.49. The SMILES string of the molecule is Cc1nc(C)c(C)o1.Cc1nc(C)c(C)o1.Cc1nc(C)n(C)n1.Cc1nc(C)n(C)n1.Cc1nc(C)n(C)n1.Cc1nn(C)c(C)c1C.Cc1nn(C)c(C)c1C.Cc1nnc(C)n1C.Cc1nonc1C.Cc1nsnc1C. The summed E-state index contributed by atoms with van der Waals surface area (Å²) in [5.74, 6) is 10.7. The molecule has 440 valence electrons. The Bertz CT molecular complexity index is 2840. The highest BCUT2D eigenvalue weighted by molar-refractivity contribution is 6.99. The van der Waals surface area contributed by atoms with E-state index in [0.717, 1.165) is 115 Å². The molecule has 0 aliphatic heterocycles. The predicted molar refractivity (Wildman–Crippen MR) is 311 cm³/mol. The first-order valence-electron chi connectivity index (χ1n) is 25.7. The zero-order valence-electron chi connectivity index (χ0n) is 53.5. The van der Waals surface area contributed by atoms with Crippen molar-refractivity contribution < 1.29 is 13.5 Å². The second kappa shape index (κ2) is 33.5. The van der Waals surface area contributed by atoms with Crippen LogP contribution in [-0.2, 0) is 42.3 Å². The van der Waals surface area contributed by atoms with Gasteiger partial charge in [-0.2, -0.15) is 34.2 Å². The average molecular weight is 1130 g/mol. The molecule has 0 saturated heterocycles. The highest BCUT2D eigenvalue weighted by Crippen LogP contribution is 2.10. The van der Waals surface area contributed by atoms with E-state index >= 15 is 0 Å². The van der Waals surface area contributed by atoms with Gasteiger partial charge in [0.25, 0.3) is 0 Å².